The van der Waals surface area contributed by atoms with Gasteiger partial charge in [0.1, 0.15) is 5.82 Å². The molecule has 0 aliphatic carbocycles. The fraction of sp³-hybridized carbons (Fsp3) is 0.250. The van der Waals surface area contributed by atoms with Crippen molar-refractivity contribution in [3.63, 3.8) is 0 Å². The normalized spacial score (nSPS) is 13.6. The Bertz CT molecular complexity index is 655. The maximum atomic E-state index is 12.8. The van der Waals surface area contributed by atoms with Gasteiger partial charge >= 0.3 is 0 Å². The summed E-state index contributed by atoms with van der Waals surface area (Å²) in [4.78, 5) is 16.4. The summed E-state index contributed by atoms with van der Waals surface area (Å²) in [6.45, 7) is 2.00. The highest BCUT2D eigenvalue weighted by Gasteiger charge is 2.17. The first kappa shape index (κ1) is 13.7. The molecule has 0 spiro atoms. The van der Waals surface area contributed by atoms with Crippen LogP contribution in [0.4, 0.5) is 4.39 Å². The molecule has 2 aromatic rings. The first-order valence-corrected chi connectivity index (χ1v) is 6.93. The zero-order chi connectivity index (χ0) is 14.7. The van der Waals surface area contributed by atoms with E-state index in [9.17, 15) is 9.18 Å². The molecule has 0 atom stereocenters. The first-order chi connectivity index (χ1) is 10.2. The second kappa shape index (κ2) is 6.01. The van der Waals surface area contributed by atoms with Gasteiger partial charge in [0.25, 0.3) is 5.91 Å². The van der Waals surface area contributed by atoms with Crippen LogP contribution in [0.15, 0.2) is 36.7 Å². The summed E-state index contributed by atoms with van der Waals surface area (Å²) < 4.78 is 12.8. The van der Waals surface area contributed by atoms with Gasteiger partial charge in [0.15, 0.2) is 0 Å². The van der Waals surface area contributed by atoms with E-state index in [0.717, 1.165) is 36.2 Å². The molecule has 0 unspecified atom stereocenters. The molecule has 0 saturated carbocycles. The van der Waals surface area contributed by atoms with E-state index in [0.29, 0.717) is 12.1 Å². The molecule has 0 radical (unpaired) electrons. The highest BCUT2D eigenvalue weighted by atomic mass is 19.1. The summed E-state index contributed by atoms with van der Waals surface area (Å²) in [7, 11) is 0. The quantitative estimate of drug-likeness (QED) is 0.904. The van der Waals surface area contributed by atoms with Crippen LogP contribution < -0.4 is 10.6 Å². The Hall–Kier alpha value is -2.27. The van der Waals surface area contributed by atoms with Gasteiger partial charge in [0, 0.05) is 25.5 Å². The second-order valence-electron chi connectivity index (χ2n) is 5.06. The van der Waals surface area contributed by atoms with Crippen LogP contribution in [0.5, 0.6) is 0 Å². The largest absolute Gasteiger partial charge is 0.348 e. The average Bonchev–Trinajstić information content (AvgIpc) is 2.53. The molecule has 0 bridgehead atoms. The minimum Gasteiger partial charge on any atom is -0.348 e. The fourth-order valence-corrected chi connectivity index (χ4v) is 2.49. The number of pyridine rings is 1. The molecule has 1 amide bonds. The van der Waals surface area contributed by atoms with Crippen molar-refractivity contribution < 1.29 is 9.18 Å². The molecule has 0 fully saturated rings. The third kappa shape index (κ3) is 3.08. The van der Waals surface area contributed by atoms with Crippen molar-refractivity contribution in [2.45, 2.75) is 19.5 Å². The average molecular weight is 285 g/mol. The number of nitrogens with zero attached hydrogens (tertiary/aromatic N) is 1. The minimum absolute atomic E-state index is 0.134. The van der Waals surface area contributed by atoms with Gasteiger partial charge in [0.2, 0.25) is 0 Å². The van der Waals surface area contributed by atoms with E-state index in [1.165, 1.54) is 12.1 Å². The van der Waals surface area contributed by atoms with Gasteiger partial charge in [0.05, 0.1) is 5.56 Å². The molecule has 1 aliphatic heterocycles. The molecule has 2 N–H and O–H groups in total. The number of nitrogens with one attached hydrogen (secondary N) is 2. The van der Waals surface area contributed by atoms with Crippen molar-refractivity contribution in [1.82, 2.24) is 15.6 Å². The third-order valence-corrected chi connectivity index (χ3v) is 3.62. The van der Waals surface area contributed by atoms with Crippen LogP contribution in [0.25, 0.3) is 0 Å². The highest BCUT2D eigenvalue weighted by molar-refractivity contribution is 5.95. The van der Waals surface area contributed by atoms with Crippen LogP contribution in [0.3, 0.4) is 0 Å². The number of halogens is 1. The van der Waals surface area contributed by atoms with Gasteiger partial charge in [-0.2, -0.15) is 0 Å². The summed E-state index contributed by atoms with van der Waals surface area (Å²) in [5, 5.41) is 6.13. The van der Waals surface area contributed by atoms with Crippen LogP contribution in [0.2, 0.25) is 0 Å². The summed E-state index contributed by atoms with van der Waals surface area (Å²) in [6, 6.07) is 6.11. The van der Waals surface area contributed by atoms with Gasteiger partial charge in [-0.15, -0.1) is 0 Å². The molecule has 1 aromatic heterocycles. The van der Waals surface area contributed by atoms with Crippen molar-refractivity contribution in [1.29, 1.82) is 0 Å². The number of carbonyl (C=O) groups is 1. The fourth-order valence-electron chi connectivity index (χ4n) is 2.49. The van der Waals surface area contributed by atoms with Crippen molar-refractivity contribution in [2.24, 2.45) is 0 Å². The number of hydrogen-bond donors (Lipinski definition) is 2. The lowest BCUT2D eigenvalue weighted by molar-refractivity contribution is 0.0949. The summed E-state index contributed by atoms with van der Waals surface area (Å²) >= 11 is 0. The van der Waals surface area contributed by atoms with E-state index < -0.39 is 0 Å². The van der Waals surface area contributed by atoms with Crippen LogP contribution in [0.1, 0.15) is 27.0 Å². The molecule has 1 aromatic carbocycles. The molecule has 3 rings (SSSR count). The standard InChI is InChI=1S/C16H16FN3O/c17-13-3-1-11(2-4-13)7-20-16(21)15-10-19-9-12-8-18-6-5-14(12)15/h1-4,9-10,18H,5-8H2,(H,20,21). The van der Waals surface area contributed by atoms with E-state index >= 15 is 0 Å². The van der Waals surface area contributed by atoms with Crippen LogP contribution >= 0.6 is 0 Å². The number of hydrogen-bond acceptors (Lipinski definition) is 3. The van der Waals surface area contributed by atoms with Crippen LogP contribution in [-0.4, -0.2) is 17.4 Å². The van der Waals surface area contributed by atoms with Crippen molar-refractivity contribution in [3.8, 4) is 0 Å². The molecule has 5 heteroatoms. The topological polar surface area (TPSA) is 54.0 Å². The number of aromatic nitrogens is 1. The van der Waals surface area contributed by atoms with Crippen molar-refractivity contribution >= 4 is 5.91 Å². The molecule has 21 heavy (non-hydrogen) atoms. The molecular weight excluding hydrogens is 269 g/mol. The van der Waals surface area contributed by atoms with Crippen molar-refractivity contribution in [2.75, 3.05) is 6.54 Å². The molecule has 2 heterocycles. The Morgan fingerprint density at radius 2 is 2.10 bits per heavy atom. The lowest BCUT2D eigenvalue weighted by Crippen LogP contribution is -2.29. The molecule has 0 saturated heterocycles. The number of benzene rings is 1. The van der Waals surface area contributed by atoms with E-state index in [2.05, 4.69) is 15.6 Å². The Morgan fingerprint density at radius 1 is 1.29 bits per heavy atom. The Labute approximate surface area is 122 Å². The molecule has 4 nitrogen and oxygen atoms in total. The summed E-state index contributed by atoms with van der Waals surface area (Å²) in [5.41, 5.74) is 3.65. The smallest absolute Gasteiger partial charge is 0.253 e. The predicted molar refractivity (Wildman–Crippen MR) is 77.2 cm³/mol. The highest BCUT2D eigenvalue weighted by Crippen LogP contribution is 2.17. The second-order valence-corrected chi connectivity index (χ2v) is 5.06. The predicted octanol–water partition coefficient (Wildman–Crippen LogP) is 1.80. The van der Waals surface area contributed by atoms with E-state index in [4.69, 9.17) is 0 Å². The minimum atomic E-state index is -0.279. The summed E-state index contributed by atoms with van der Waals surface area (Å²) in [6.07, 6.45) is 4.25. The van der Waals surface area contributed by atoms with Gasteiger partial charge in [-0.05, 0) is 41.8 Å². The van der Waals surface area contributed by atoms with E-state index in [1.807, 2.05) is 0 Å². The lowest BCUT2D eigenvalue weighted by Gasteiger charge is -2.19. The zero-order valence-electron chi connectivity index (χ0n) is 11.5. The Morgan fingerprint density at radius 3 is 2.90 bits per heavy atom. The first-order valence-electron chi connectivity index (χ1n) is 6.93. The van der Waals surface area contributed by atoms with Gasteiger partial charge in [-0.25, -0.2) is 4.39 Å². The Kier molecular flexibility index (Phi) is 3.92. The lowest BCUT2D eigenvalue weighted by atomic mass is 9.98. The van der Waals surface area contributed by atoms with Crippen LogP contribution in [-0.2, 0) is 19.5 Å². The SMILES string of the molecule is O=C(NCc1ccc(F)cc1)c1cncc2c1CCNC2. The number of amides is 1. The molecule has 1 aliphatic rings. The van der Waals surface area contributed by atoms with Gasteiger partial charge in [-0.1, -0.05) is 12.1 Å². The third-order valence-electron chi connectivity index (χ3n) is 3.62. The number of fused-ring (bicyclic) bond motifs is 1. The number of rotatable bonds is 3. The van der Waals surface area contributed by atoms with E-state index in [1.54, 1.807) is 24.5 Å². The molecule has 108 valence electrons. The monoisotopic (exact) mass is 285 g/mol. The van der Waals surface area contributed by atoms with Gasteiger partial charge < -0.3 is 10.6 Å². The van der Waals surface area contributed by atoms with Crippen molar-refractivity contribution in [3.05, 3.63) is 64.7 Å². The zero-order valence-corrected chi connectivity index (χ0v) is 11.5. The maximum absolute atomic E-state index is 12.8. The van der Waals surface area contributed by atoms with E-state index in [-0.39, 0.29) is 11.7 Å². The number of carbonyl (C=O) groups excluding carboxylic acids is 1. The Balaban J connectivity index is 1.72. The summed E-state index contributed by atoms with van der Waals surface area (Å²) in [5.74, 6) is -0.413. The van der Waals surface area contributed by atoms with Crippen LogP contribution in [0, 0.1) is 5.82 Å². The van der Waals surface area contributed by atoms with Gasteiger partial charge in [-0.3, -0.25) is 9.78 Å². The molecular formula is C16H16FN3O. The maximum Gasteiger partial charge on any atom is 0.253 e.